The zero-order chi connectivity index (χ0) is 26.6. The van der Waals surface area contributed by atoms with Crippen molar-refractivity contribution in [3.05, 3.63) is 59.4 Å². The molecule has 8 heteroatoms. The molecule has 0 saturated heterocycles. The molecule has 2 fully saturated rings. The Morgan fingerprint density at radius 1 is 1.00 bits per heavy atom. The van der Waals surface area contributed by atoms with E-state index in [4.69, 9.17) is 0 Å². The minimum atomic E-state index is -0.421. The second-order valence-electron chi connectivity index (χ2n) is 12.8. The van der Waals surface area contributed by atoms with Crippen LogP contribution in [-0.4, -0.2) is 46.1 Å². The van der Waals surface area contributed by atoms with E-state index in [0.29, 0.717) is 23.5 Å². The number of aromatic hydroxyl groups is 1. The number of aliphatic hydroxyl groups is 2. The summed E-state index contributed by atoms with van der Waals surface area (Å²) in [5.41, 5.74) is 3.42. The number of unbranched alkanes of at least 4 members (excludes halogenated alkanes) is 4. The first-order valence-corrected chi connectivity index (χ1v) is 15.2. The molecule has 5 rings (SSSR count). The van der Waals surface area contributed by atoms with E-state index in [0.717, 1.165) is 70.2 Å². The molecule has 1 aromatic heterocycles. The molecule has 0 amide bonds. The van der Waals surface area contributed by atoms with Crippen molar-refractivity contribution in [3.8, 4) is 5.75 Å². The summed E-state index contributed by atoms with van der Waals surface area (Å²) >= 11 is 0. The molecule has 3 aliphatic rings. The molecule has 0 aliphatic heterocycles. The second kappa shape index (κ2) is 16.4. The number of hydrogen-bond acceptors (Lipinski definition) is 5. The van der Waals surface area contributed by atoms with Gasteiger partial charge in [0.25, 0.3) is 0 Å². The average Bonchev–Trinajstić information content (AvgIpc) is 3.17. The number of nitrogens with zero attached hydrogens (tertiary/aromatic N) is 1. The molecule has 232 valence electrons. The molecule has 1 heterocycles. The maximum absolute atomic E-state index is 11.7. The number of aryl methyl sites for hydroxylation is 1. The number of rotatable bonds is 12. The van der Waals surface area contributed by atoms with Crippen molar-refractivity contribution >= 4 is 0 Å². The second-order valence-corrected chi connectivity index (χ2v) is 12.8. The Bertz CT molecular complexity index is 1060. The summed E-state index contributed by atoms with van der Waals surface area (Å²) in [6.45, 7) is 4.44. The van der Waals surface area contributed by atoms with Crippen LogP contribution >= 0.6 is 0 Å². The van der Waals surface area contributed by atoms with Crippen LogP contribution in [-0.2, 0) is 33.9 Å². The van der Waals surface area contributed by atoms with Crippen molar-refractivity contribution < 1.29 is 61.2 Å². The van der Waals surface area contributed by atoms with Crippen LogP contribution in [0.1, 0.15) is 93.9 Å². The third-order valence-electron chi connectivity index (χ3n) is 10.6. The summed E-state index contributed by atoms with van der Waals surface area (Å²) in [5.74, 6) is 1.92. The maximum Gasteiger partial charge on any atom is 2.00 e. The molecule has 3 aliphatic carbocycles. The normalized spacial score (nSPS) is 29.6. The standard InChI is InChI=1S/C33H48N2O3.2ClH.Pt/c1-32-17-14-28-27-13-11-26(37)21-24(27)10-12-29(28)30(32)22-33(23-36,31(32)38)16-6-3-2-4-7-18-34-20-15-25-9-5-8-19-35-25;;;/h5,8-9,11,13,19,21,28-31,34,36-38H,2-4,6-7,10,12,14-18,20,22-23H2,1H3;2*1H;/q;;;+2/p-2/t28?,29?,30?,31-,32+,33-;;;/m1.../s1. The largest absolute Gasteiger partial charge is 2.00 e. The fourth-order valence-corrected chi connectivity index (χ4v) is 8.50. The minimum absolute atomic E-state index is 0. The average molecular weight is 787 g/mol. The monoisotopic (exact) mass is 785 g/mol. The van der Waals surface area contributed by atoms with Gasteiger partial charge in [0.05, 0.1) is 12.7 Å². The number of pyridine rings is 1. The summed E-state index contributed by atoms with van der Waals surface area (Å²) in [6.07, 6.45) is 14.5. The summed E-state index contributed by atoms with van der Waals surface area (Å²) in [5, 5.41) is 35.9. The van der Waals surface area contributed by atoms with E-state index in [-0.39, 0.29) is 63.3 Å². The van der Waals surface area contributed by atoms with Crippen molar-refractivity contribution in [2.24, 2.45) is 22.7 Å². The van der Waals surface area contributed by atoms with Crippen LogP contribution in [0.2, 0.25) is 0 Å². The Morgan fingerprint density at radius 2 is 1.78 bits per heavy atom. The van der Waals surface area contributed by atoms with Gasteiger partial charge in [0.2, 0.25) is 0 Å². The fourth-order valence-electron chi connectivity index (χ4n) is 8.50. The predicted molar refractivity (Wildman–Crippen MR) is 152 cm³/mol. The molecule has 3 unspecified atom stereocenters. The van der Waals surface area contributed by atoms with Crippen LogP contribution in [0.4, 0.5) is 0 Å². The Balaban J connectivity index is 0.00000196. The number of fused-ring (bicyclic) bond motifs is 5. The van der Waals surface area contributed by atoms with Crippen LogP contribution in [0.5, 0.6) is 5.75 Å². The zero-order valence-electron chi connectivity index (χ0n) is 24.3. The third-order valence-corrected chi connectivity index (χ3v) is 10.6. The summed E-state index contributed by atoms with van der Waals surface area (Å²) in [6, 6.07) is 12.0. The molecule has 0 bridgehead atoms. The first-order valence-electron chi connectivity index (χ1n) is 15.2. The van der Waals surface area contributed by atoms with E-state index in [9.17, 15) is 15.3 Å². The van der Waals surface area contributed by atoms with Crippen molar-refractivity contribution in [2.45, 2.75) is 96.0 Å². The van der Waals surface area contributed by atoms with Crippen molar-refractivity contribution in [1.29, 1.82) is 0 Å². The molecule has 41 heavy (non-hydrogen) atoms. The van der Waals surface area contributed by atoms with E-state index in [1.54, 1.807) is 0 Å². The number of aliphatic hydroxyl groups excluding tert-OH is 2. The van der Waals surface area contributed by atoms with Gasteiger partial charge in [0, 0.05) is 30.3 Å². The quantitative estimate of drug-likeness (QED) is 0.224. The summed E-state index contributed by atoms with van der Waals surface area (Å²) in [7, 11) is 0. The van der Waals surface area contributed by atoms with Crippen molar-refractivity contribution in [2.75, 3.05) is 19.7 Å². The minimum Gasteiger partial charge on any atom is -1.00 e. The van der Waals surface area contributed by atoms with Gasteiger partial charge in [-0.2, -0.15) is 0 Å². The Labute approximate surface area is 273 Å². The van der Waals surface area contributed by atoms with Gasteiger partial charge in [-0.3, -0.25) is 4.98 Å². The number of benzene rings is 1. The van der Waals surface area contributed by atoms with Gasteiger partial charge >= 0.3 is 21.1 Å². The van der Waals surface area contributed by atoms with E-state index in [1.807, 2.05) is 30.5 Å². The smallest absolute Gasteiger partial charge is 1.00 e. The molecule has 6 atom stereocenters. The Kier molecular flexibility index (Phi) is 14.6. The van der Waals surface area contributed by atoms with Gasteiger partial charge in [-0.05, 0) is 110 Å². The first-order chi connectivity index (χ1) is 18.5. The van der Waals surface area contributed by atoms with Crippen molar-refractivity contribution in [3.63, 3.8) is 0 Å². The number of hydrogen-bond donors (Lipinski definition) is 4. The maximum atomic E-state index is 11.7. The topological polar surface area (TPSA) is 85.6 Å². The van der Waals surface area contributed by atoms with Crippen LogP contribution in [0.25, 0.3) is 0 Å². The van der Waals surface area contributed by atoms with Gasteiger partial charge in [0.1, 0.15) is 5.75 Å². The number of phenolic OH excluding ortho intramolecular Hbond substituents is 1. The van der Waals surface area contributed by atoms with E-state index < -0.39 is 6.10 Å². The third kappa shape index (κ3) is 7.89. The number of nitrogens with one attached hydrogen (secondary N) is 1. The van der Waals surface area contributed by atoms with Gasteiger partial charge in [-0.15, -0.1) is 0 Å². The van der Waals surface area contributed by atoms with E-state index >= 15 is 0 Å². The van der Waals surface area contributed by atoms with Crippen LogP contribution in [0.15, 0.2) is 42.6 Å². The number of aromatic nitrogens is 1. The van der Waals surface area contributed by atoms with Gasteiger partial charge in [-0.1, -0.05) is 44.7 Å². The first kappa shape index (κ1) is 36.5. The Hall–Kier alpha value is -0.682. The van der Waals surface area contributed by atoms with Gasteiger partial charge in [-0.25, -0.2) is 0 Å². The summed E-state index contributed by atoms with van der Waals surface area (Å²) in [4.78, 5) is 4.37. The predicted octanol–water partition coefficient (Wildman–Crippen LogP) is -0.229. The molecule has 4 N–H and O–H groups in total. The summed E-state index contributed by atoms with van der Waals surface area (Å²) < 4.78 is 0. The Morgan fingerprint density at radius 3 is 2.54 bits per heavy atom. The number of halogens is 2. The van der Waals surface area contributed by atoms with Gasteiger partial charge < -0.3 is 45.5 Å². The molecule has 2 aromatic rings. The van der Waals surface area contributed by atoms with Crippen LogP contribution in [0.3, 0.4) is 0 Å². The fraction of sp³-hybridized carbons (Fsp3) is 0.667. The zero-order valence-corrected chi connectivity index (χ0v) is 28.1. The molecular formula is C33H48Cl2N2O3Pt. The van der Waals surface area contributed by atoms with Gasteiger partial charge in [0.15, 0.2) is 0 Å². The molecule has 0 radical (unpaired) electrons. The SMILES string of the molecule is C[C@]12CCC3c4ccc(O)cc4CCC3C1C[C@@](CO)(CCCCCCCNCCc1ccccn1)[C@@H]2O.[Cl-].[Cl-].[Pt+2]. The van der Waals surface area contributed by atoms with Crippen LogP contribution < -0.4 is 30.1 Å². The van der Waals surface area contributed by atoms with E-state index in [1.165, 1.54) is 36.8 Å². The molecule has 1 aromatic carbocycles. The van der Waals surface area contributed by atoms with E-state index in [2.05, 4.69) is 29.4 Å². The molecule has 5 nitrogen and oxygen atoms in total. The molecular weight excluding hydrogens is 738 g/mol. The number of phenols is 1. The van der Waals surface area contributed by atoms with Crippen molar-refractivity contribution in [1.82, 2.24) is 10.3 Å². The molecule has 2 saturated carbocycles. The van der Waals surface area contributed by atoms with Crippen LogP contribution in [0, 0.1) is 22.7 Å². The molecule has 0 spiro atoms.